The molecule has 15 heavy (non-hydrogen) atoms. The highest BCUT2D eigenvalue weighted by Gasteiger charge is 2.25. The maximum atomic E-state index is 11.7. The Kier molecular flexibility index (Phi) is 3.59. The van der Waals surface area contributed by atoms with E-state index in [-0.39, 0.29) is 12.5 Å². The van der Waals surface area contributed by atoms with Crippen molar-refractivity contribution in [3.8, 4) is 0 Å². The first-order chi connectivity index (χ1) is 7.29. The molecule has 4 nitrogen and oxygen atoms in total. The minimum atomic E-state index is 0.221. The van der Waals surface area contributed by atoms with E-state index in [2.05, 4.69) is 5.32 Å². The van der Waals surface area contributed by atoms with Crippen LogP contribution in [0.3, 0.4) is 0 Å². The minimum absolute atomic E-state index is 0.221. The Morgan fingerprint density at radius 2 is 1.93 bits per heavy atom. The second-order valence-corrected chi connectivity index (χ2v) is 4.66. The number of hydrogen-bond acceptors (Lipinski definition) is 3. The Morgan fingerprint density at radius 1 is 1.27 bits per heavy atom. The molecular formula is C11H20N2O2. The smallest absolute Gasteiger partial charge is 0.236 e. The van der Waals surface area contributed by atoms with Crippen molar-refractivity contribution < 1.29 is 9.90 Å². The number of amides is 1. The van der Waals surface area contributed by atoms with Gasteiger partial charge in [-0.1, -0.05) is 0 Å². The molecule has 4 heteroatoms. The topological polar surface area (TPSA) is 52.6 Å². The summed E-state index contributed by atoms with van der Waals surface area (Å²) < 4.78 is 0. The lowest BCUT2D eigenvalue weighted by Crippen LogP contribution is -2.43. The maximum Gasteiger partial charge on any atom is 0.236 e. The van der Waals surface area contributed by atoms with Gasteiger partial charge in [0, 0.05) is 25.7 Å². The molecule has 1 saturated heterocycles. The highest BCUT2D eigenvalue weighted by atomic mass is 16.3. The lowest BCUT2D eigenvalue weighted by molar-refractivity contribution is -0.131. The number of piperidine rings is 1. The second kappa shape index (κ2) is 4.94. The summed E-state index contributed by atoms with van der Waals surface area (Å²) in [5, 5.41) is 12.2. The summed E-state index contributed by atoms with van der Waals surface area (Å²) in [4.78, 5) is 13.6. The van der Waals surface area contributed by atoms with E-state index in [0.29, 0.717) is 18.5 Å². The molecule has 2 aliphatic rings. The van der Waals surface area contributed by atoms with Gasteiger partial charge in [0.05, 0.1) is 6.54 Å². The van der Waals surface area contributed by atoms with Crippen molar-refractivity contribution in [3.63, 3.8) is 0 Å². The Morgan fingerprint density at radius 3 is 2.47 bits per heavy atom. The summed E-state index contributed by atoms with van der Waals surface area (Å²) in [7, 11) is 0. The lowest BCUT2D eigenvalue weighted by atomic mass is 9.98. The summed E-state index contributed by atoms with van der Waals surface area (Å²) in [6.07, 6.45) is 4.34. The molecule has 0 unspecified atom stereocenters. The molecule has 0 radical (unpaired) electrons. The highest BCUT2D eigenvalue weighted by molar-refractivity contribution is 5.78. The predicted octanol–water partition coefficient (Wildman–Crippen LogP) is -0.0307. The second-order valence-electron chi connectivity index (χ2n) is 4.66. The van der Waals surface area contributed by atoms with Gasteiger partial charge in [0.25, 0.3) is 0 Å². The van der Waals surface area contributed by atoms with Crippen LogP contribution in [0.4, 0.5) is 0 Å². The largest absolute Gasteiger partial charge is 0.396 e. The van der Waals surface area contributed by atoms with Crippen LogP contribution in [0, 0.1) is 5.92 Å². The third-order valence-corrected chi connectivity index (χ3v) is 3.34. The number of carbonyl (C=O) groups is 1. The molecule has 0 aromatic carbocycles. The average molecular weight is 212 g/mol. The van der Waals surface area contributed by atoms with Gasteiger partial charge in [-0.15, -0.1) is 0 Å². The van der Waals surface area contributed by atoms with Gasteiger partial charge in [-0.05, 0) is 31.6 Å². The predicted molar refractivity (Wildman–Crippen MR) is 57.4 cm³/mol. The molecule has 1 aliphatic carbocycles. The van der Waals surface area contributed by atoms with E-state index in [1.54, 1.807) is 0 Å². The Hall–Kier alpha value is -0.610. The van der Waals surface area contributed by atoms with Gasteiger partial charge in [-0.25, -0.2) is 0 Å². The van der Waals surface area contributed by atoms with Crippen LogP contribution >= 0.6 is 0 Å². The van der Waals surface area contributed by atoms with Crippen LogP contribution in [-0.2, 0) is 4.79 Å². The standard InChI is InChI=1S/C11H20N2O2/c14-8-9-3-5-13(6-4-9)11(15)7-12-10-1-2-10/h9-10,12,14H,1-8H2. The number of nitrogens with one attached hydrogen (secondary N) is 1. The van der Waals surface area contributed by atoms with Gasteiger partial charge in [0.2, 0.25) is 5.91 Å². The molecule has 1 aliphatic heterocycles. The van der Waals surface area contributed by atoms with Crippen LogP contribution in [0.1, 0.15) is 25.7 Å². The Labute approximate surface area is 90.6 Å². The Bertz CT molecular complexity index is 221. The fourth-order valence-electron chi connectivity index (χ4n) is 2.00. The molecule has 0 bridgehead atoms. The van der Waals surface area contributed by atoms with E-state index >= 15 is 0 Å². The average Bonchev–Trinajstić information content (AvgIpc) is 3.10. The van der Waals surface area contributed by atoms with Gasteiger partial charge in [0.15, 0.2) is 0 Å². The fourth-order valence-corrected chi connectivity index (χ4v) is 2.00. The molecule has 2 fully saturated rings. The first-order valence-electron chi connectivity index (χ1n) is 5.91. The van der Waals surface area contributed by atoms with Crippen molar-refractivity contribution in [2.75, 3.05) is 26.2 Å². The molecule has 0 aromatic heterocycles. The van der Waals surface area contributed by atoms with Crippen LogP contribution in [0.5, 0.6) is 0 Å². The fraction of sp³-hybridized carbons (Fsp3) is 0.909. The quantitative estimate of drug-likeness (QED) is 0.688. The van der Waals surface area contributed by atoms with Gasteiger partial charge in [-0.3, -0.25) is 4.79 Å². The van der Waals surface area contributed by atoms with E-state index in [4.69, 9.17) is 5.11 Å². The van der Waals surface area contributed by atoms with Crippen LogP contribution < -0.4 is 5.32 Å². The van der Waals surface area contributed by atoms with Crippen LogP contribution in [0.15, 0.2) is 0 Å². The molecule has 1 heterocycles. The summed E-state index contributed by atoms with van der Waals surface area (Å²) in [5.41, 5.74) is 0. The number of carbonyl (C=O) groups excluding carboxylic acids is 1. The number of rotatable bonds is 4. The van der Waals surface area contributed by atoms with Crippen LogP contribution in [0.2, 0.25) is 0 Å². The zero-order chi connectivity index (χ0) is 10.7. The summed E-state index contributed by atoms with van der Waals surface area (Å²) in [5.74, 6) is 0.628. The van der Waals surface area contributed by atoms with Crippen molar-refractivity contribution in [2.24, 2.45) is 5.92 Å². The van der Waals surface area contributed by atoms with Crippen molar-refractivity contribution >= 4 is 5.91 Å². The molecule has 0 spiro atoms. The molecular weight excluding hydrogens is 192 g/mol. The number of aliphatic hydroxyl groups excluding tert-OH is 1. The third kappa shape index (κ3) is 3.18. The summed E-state index contributed by atoms with van der Waals surface area (Å²) in [6.45, 7) is 2.39. The molecule has 86 valence electrons. The number of aliphatic hydroxyl groups is 1. The molecule has 0 aromatic rings. The monoisotopic (exact) mass is 212 g/mol. The summed E-state index contributed by atoms with van der Waals surface area (Å²) in [6, 6.07) is 0.601. The van der Waals surface area contributed by atoms with Gasteiger partial charge in [0.1, 0.15) is 0 Å². The van der Waals surface area contributed by atoms with Gasteiger partial charge >= 0.3 is 0 Å². The number of hydrogen-bond donors (Lipinski definition) is 2. The van der Waals surface area contributed by atoms with Gasteiger partial charge in [-0.2, -0.15) is 0 Å². The Balaban J connectivity index is 1.66. The number of likely N-dealkylation sites (tertiary alicyclic amines) is 1. The third-order valence-electron chi connectivity index (χ3n) is 3.34. The first-order valence-corrected chi connectivity index (χ1v) is 5.91. The van der Waals surface area contributed by atoms with E-state index < -0.39 is 0 Å². The zero-order valence-corrected chi connectivity index (χ0v) is 9.11. The van der Waals surface area contributed by atoms with Crippen molar-refractivity contribution in [3.05, 3.63) is 0 Å². The van der Waals surface area contributed by atoms with Crippen molar-refractivity contribution in [1.29, 1.82) is 0 Å². The highest BCUT2D eigenvalue weighted by Crippen LogP contribution is 2.19. The van der Waals surface area contributed by atoms with Crippen LogP contribution in [0.25, 0.3) is 0 Å². The molecule has 2 N–H and O–H groups in total. The molecule has 2 rings (SSSR count). The number of nitrogens with zero attached hydrogens (tertiary/aromatic N) is 1. The van der Waals surface area contributed by atoms with E-state index in [1.165, 1.54) is 12.8 Å². The maximum absolute atomic E-state index is 11.7. The minimum Gasteiger partial charge on any atom is -0.396 e. The van der Waals surface area contributed by atoms with Crippen molar-refractivity contribution in [2.45, 2.75) is 31.7 Å². The molecule has 0 atom stereocenters. The normalized spacial score (nSPS) is 23.1. The zero-order valence-electron chi connectivity index (χ0n) is 9.11. The lowest BCUT2D eigenvalue weighted by Gasteiger charge is -2.31. The van der Waals surface area contributed by atoms with E-state index in [9.17, 15) is 4.79 Å². The molecule has 1 amide bonds. The summed E-state index contributed by atoms with van der Waals surface area (Å²) >= 11 is 0. The SMILES string of the molecule is O=C(CNC1CC1)N1CCC(CO)CC1. The molecule has 1 saturated carbocycles. The van der Waals surface area contributed by atoms with E-state index in [1.807, 2.05) is 4.90 Å². The first kappa shape index (κ1) is 10.9. The van der Waals surface area contributed by atoms with Crippen molar-refractivity contribution in [1.82, 2.24) is 10.2 Å². The van der Waals surface area contributed by atoms with E-state index in [0.717, 1.165) is 25.9 Å². The van der Waals surface area contributed by atoms with Crippen LogP contribution in [-0.4, -0.2) is 48.2 Å². The van der Waals surface area contributed by atoms with Gasteiger partial charge < -0.3 is 15.3 Å².